The second kappa shape index (κ2) is 8.42. The molecule has 3 rings (SSSR count). The Balaban J connectivity index is 2.10. The van der Waals surface area contributed by atoms with Gasteiger partial charge >= 0.3 is 0 Å². The monoisotopic (exact) mass is 397 g/mol. The van der Waals surface area contributed by atoms with Crippen LogP contribution in [-0.2, 0) is 16.6 Å². The van der Waals surface area contributed by atoms with Crippen molar-refractivity contribution in [3.63, 3.8) is 0 Å². The van der Waals surface area contributed by atoms with Crippen molar-refractivity contribution in [3.8, 4) is 0 Å². The SMILES string of the molecule is Cc1ccc(S(=O)(=O)N(Cc2ccccc2)/C(=C/Cl)c2ccccc2)cc1. The lowest BCUT2D eigenvalue weighted by Gasteiger charge is -2.27. The van der Waals surface area contributed by atoms with Crippen LogP contribution >= 0.6 is 11.6 Å². The molecule has 0 fully saturated rings. The van der Waals surface area contributed by atoms with Gasteiger partial charge in [0.15, 0.2) is 0 Å². The molecule has 0 aliphatic carbocycles. The van der Waals surface area contributed by atoms with Crippen LogP contribution in [0.15, 0.2) is 95.4 Å². The predicted octanol–water partition coefficient (Wildman–Crippen LogP) is 5.42. The lowest BCUT2D eigenvalue weighted by molar-refractivity contribution is 0.507. The topological polar surface area (TPSA) is 37.4 Å². The molecule has 0 saturated heterocycles. The average molecular weight is 398 g/mol. The molecule has 0 spiro atoms. The molecule has 0 radical (unpaired) electrons. The van der Waals surface area contributed by atoms with E-state index in [9.17, 15) is 8.42 Å². The van der Waals surface area contributed by atoms with E-state index in [0.29, 0.717) is 5.70 Å². The molecule has 3 aromatic carbocycles. The molecule has 5 heteroatoms. The summed E-state index contributed by atoms with van der Waals surface area (Å²) in [6.45, 7) is 2.11. The number of sulfonamides is 1. The maximum absolute atomic E-state index is 13.4. The minimum Gasteiger partial charge on any atom is -0.260 e. The molecule has 0 aliphatic heterocycles. The Kier molecular flexibility index (Phi) is 5.99. The number of hydrogen-bond acceptors (Lipinski definition) is 2. The summed E-state index contributed by atoms with van der Waals surface area (Å²) < 4.78 is 28.3. The van der Waals surface area contributed by atoms with Crippen molar-refractivity contribution in [2.24, 2.45) is 0 Å². The Bertz CT molecular complexity index is 1010. The van der Waals surface area contributed by atoms with Crippen molar-refractivity contribution in [1.29, 1.82) is 0 Å². The Morgan fingerprint density at radius 1 is 0.889 bits per heavy atom. The summed E-state index contributed by atoms with van der Waals surface area (Å²) in [7, 11) is -3.79. The Morgan fingerprint density at radius 2 is 1.44 bits per heavy atom. The third-order valence-electron chi connectivity index (χ3n) is 4.22. The molecule has 0 N–H and O–H groups in total. The summed E-state index contributed by atoms with van der Waals surface area (Å²) in [5, 5.41) is 0. The van der Waals surface area contributed by atoms with Gasteiger partial charge in [0.25, 0.3) is 10.0 Å². The van der Waals surface area contributed by atoms with E-state index in [1.807, 2.05) is 67.6 Å². The standard InChI is InChI=1S/C22H20ClNO2S/c1-18-12-14-21(15-13-18)27(25,26)24(17-19-8-4-2-5-9-19)22(16-23)20-10-6-3-7-11-20/h2-16H,17H2,1H3/b22-16+. The Morgan fingerprint density at radius 3 is 2.00 bits per heavy atom. The normalized spacial score (nSPS) is 12.0. The van der Waals surface area contributed by atoms with Gasteiger partial charge < -0.3 is 0 Å². The highest BCUT2D eigenvalue weighted by molar-refractivity contribution is 7.89. The molecule has 0 heterocycles. The fourth-order valence-corrected chi connectivity index (χ4v) is 4.53. The van der Waals surface area contributed by atoms with Gasteiger partial charge in [-0.3, -0.25) is 4.31 Å². The molecule has 3 nitrogen and oxygen atoms in total. The van der Waals surface area contributed by atoms with Crippen molar-refractivity contribution in [3.05, 3.63) is 107 Å². The average Bonchev–Trinajstić information content (AvgIpc) is 2.70. The Labute approximate surface area is 165 Å². The van der Waals surface area contributed by atoms with Crippen LogP contribution in [0.2, 0.25) is 0 Å². The predicted molar refractivity (Wildman–Crippen MR) is 111 cm³/mol. The van der Waals surface area contributed by atoms with Crippen LogP contribution in [0.1, 0.15) is 16.7 Å². The van der Waals surface area contributed by atoms with Crippen molar-refractivity contribution >= 4 is 27.3 Å². The minimum atomic E-state index is -3.79. The zero-order valence-corrected chi connectivity index (χ0v) is 16.5. The number of hydrogen-bond donors (Lipinski definition) is 0. The first-order valence-corrected chi connectivity index (χ1v) is 10.4. The van der Waals surface area contributed by atoms with E-state index in [1.165, 1.54) is 9.84 Å². The van der Waals surface area contributed by atoms with Crippen molar-refractivity contribution in [2.75, 3.05) is 0 Å². The van der Waals surface area contributed by atoms with Gasteiger partial charge in [0.2, 0.25) is 0 Å². The number of aryl methyl sites for hydroxylation is 1. The van der Waals surface area contributed by atoms with Gasteiger partial charge in [-0.2, -0.15) is 0 Å². The second-order valence-electron chi connectivity index (χ2n) is 6.17. The zero-order chi connectivity index (χ0) is 19.3. The van der Waals surface area contributed by atoms with Gasteiger partial charge in [0, 0.05) is 5.54 Å². The molecule has 0 unspecified atom stereocenters. The number of rotatable bonds is 6. The van der Waals surface area contributed by atoms with E-state index < -0.39 is 10.0 Å². The lowest BCUT2D eigenvalue weighted by atomic mass is 10.1. The summed E-state index contributed by atoms with van der Waals surface area (Å²) >= 11 is 6.11. The van der Waals surface area contributed by atoms with Gasteiger partial charge in [-0.15, -0.1) is 0 Å². The van der Waals surface area contributed by atoms with Gasteiger partial charge in [-0.1, -0.05) is 90.0 Å². The van der Waals surface area contributed by atoms with E-state index in [4.69, 9.17) is 11.6 Å². The second-order valence-corrected chi connectivity index (χ2v) is 8.25. The molecule has 0 aliphatic rings. The molecule has 3 aromatic rings. The van der Waals surface area contributed by atoms with Gasteiger partial charge in [-0.05, 0) is 30.2 Å². The molecular weight excluding hydrogens is 378 g/mol. The highest BCUT2D eigenvalue weighted by atomic mass is 35.5. The summed E-state index contributed by atoms with van der Waals surface area (Å²) in [5.41, 5.74) is 4.37. The van der Waals surface area contributed by atoms with E-state index in [2.05, 4.69) is 0 Å². The maximum Gasteiger partial charge on any atom is 0.264 e. The van der Waals surface area contributed by atoms with E-state index in [0.717, 1.165) is 16.7 Å². The highest BCUT2D eigenvalue weighted by Crippen LogP contribution is 2.29. The fourth-order valence-electron chi connectivity index (χ4n) is 2.76. The van der Waals surface area contributed by atoms with Crippen molar-refractivity contribution in [2.45, 2.75) is 18.4 Å². The van der Waals surface area contributed by atoms with Crippen LogP contribution in [0, 0.1) is 6.92 Å². The number of nitrogens with zero attached hydrogens (tertiary/aromatic N) is 1. The van der Waals surface area contributed by atoms with E-state index in [-0.39, 0.29) is 11.4 Å². The van der Waals surface area contributed by atoms with Crippen LogP contribution in [0.5, 0.6) is 0 Å². The first-order valence-electron chi connectivity index (χ1n) is 8.51. The number of benzene rings is 3. The number of halogens is 1. The molecule has 0 atom stereocenters. The first-order chi connectivity index (χ1) is 13.0. The van der Waals surface area contributed by atoms with Crippen LogP contribution in [-0.4, -0.2) is 12.7 Å². The van der Waals surface area contributed by atoms with Crippen LogP contribution < -0.4 is 0 Å². The molecule has 0 saturated carbocycles. The lowest BCUT2D eigenvalue weighted by Crippen LogP contribution is -2.29. The van der Waals surface area contributed by atoms with E-state index >= 15 is 0 Å². The minimum absolute atomic E-state index is 0.185. The molecular formula is C22H20ClNO2S. The van der Waals surface area contributed by atoms with E-state index in [1.54, 1.807) is 24.3 Å². The third-order valence-corrected chi connectivity index (χ3v) is 6.20. The van der Waals surface area contributed by atoms with Crippen LogP contribution in [0.4, 0.5) is 0 Å². The molecule has 0 amide bonds. The summed E-state index contributed by atoms with van der Waals surface area (Å²) in [5.74, 6) is 0. The Hall–Kier alpha value is -2.56. The zero-order valence-electron chi connectivity index (χ0n) is 14.9. The van der Waals surface area contributed by atoms with Crippen LogP contribution in [0.3, 0.4) is 0 Å². The first kappa shape index (κ1) is 19.2. The highest BCUT2D eigenvalue weighted by Gasteiger charge is 2.27. The summed E-state index contributed by atoms with van der Waals surface area (Å²) in [6, 6.07) is 25.6. The fraction of sp³-hybridized carbons (Fsp3) is 0.0909. The van der Waals surface area contributed by atoms with Gasteiger partial charge in [-0.25, -0.2) is 8.42 Å². The smallest absolute Gasteiger partial charge is 0.260 e. The van der Waals surface area contributed by atoms with Gasteiger partial charge in [0.1, 0.15) is 0 Å². The quantitative estimate of drug-likeness (QED) is 0.556. The summed E-state index contributed by atoms with van der Waals surface area (Å²) in [6.07, 6.45) is 0. The molecule has 138 valence electrons. The molecule has 0 bridgehead atoms. The third kappa shape index (κ3) is 4.41. The van der Waals surface area contributed by atoms with Crippen molar-refractivity contribution < 1.29 is 8.42 Å². The van der Waals surface area contributed by atoms with Crippen molar-refractivity contribution in [1.82, 2.24) is 4.31 Å². The largest absolute Gasteiger partial charge is 0.264 e. The molecule has 27 heavy (non-hydrogen) atoms. The van der Waals surface area contributed by atoms with Crippen LogP contribution in [0.25, 0.3) is 5.70 Å². The maximum atomic E-state index is 13.4. The molecule has 0 aromatic heterocycles. The summed E-state index contributed by atoms with van der Waals surface area (Å²) in [4.78, 5) is 0.232. The van der Waals surface area contributed by atoms with Gasteiger partial charge in [0.05, 0.1) is 17.1 Å².